The number of carbonyl (C=O) groups excluding carboxylic acids is 2. The van der Waals surface area contributed by atoms with E-state index in [2.05, 4.69) is 16.9 Å². The molecule has 3 rings (SSSR count). The maximum Gasteiger partial charge on any atom is 0.248 e. The number of aromatic nitrogens is 2. The van der Waals surface area contributed by atoms with E-state index in [1.807, 2.05) is 28.8 Å². The molecule has 0 saturated heterocycles. The SMILES string of the molecule is C=CCn1c(SCC(=O)Nc2ccc(C(N)=O)cc2)nc2ccccc21. The average Bonchev–Trinajstić information content (AvgIpc) is 2.99. The van der Waals surface area contributed by atoms with Gasteiger partial charge in [-0.2, -0.15) is 0 Å². The number of hydrogen-bond acceptors (Lipinski definition) is 4. The van der Waals surface area contributed by atoms with Crippen LogP contribution in [0.15, 0.2) is 66.3 Å². The fourth-order valence-electron chi connectivity index (χ4n) is 2.51. The zero-order valence-corrected chi connectivity index (χ0v) is 14.8. The summed E-state index contributed by atoms with van der Waals surface area (Å²) in [5.41, 5.74) is 8.11. The number of nitrogens with two attached hydrogens (primary N) is 1. The summed E-state index contributed by atoms with van der Waals surface area (Å²) in [6, 6.07) is 14.3. The largest absolute Gasteiger partial charge is 0.366 e. The van der Waals surface area contributed by atoms with Crippen molar-refractivity contribution in [3.05, 3.63) is 66.7 Å². The van der Waals surface area contributed by atoms with Crippen molar-refractivity contribution in [3.63, 3.8) is 0 Å². The summed E-state index contributed by atoms with van der Waals surface area (Å²) in [4.78, 5) is 27.9. The summed E-state index contributed by atoms with van der Waals surface area (Å²) < 4.78 is 2.03. The van der Waals surface area contributed by atoms with E-state index >= 15 is 0 Å². The second kappa shape index (κ2) is 7.88. The Morgan fingerprint density at radius 3 is 2.62 bits per heavy atom. The molecule has 0 saturated carbocycles. The molecule has 0 aliphatic heterocycles. The van der Waals surface area contributed by atoms with Crippen LogP contribution in [0.3, 0.4) is 0 Å². The first-order valence-corrected chi connectivity index (χ1v) is 8.95. The number of carbonyl (C=O) groups is 2. The van der Waals surface area contributed by atoms with Crippen LogP contribution in [0.4, 0.5) is 5.69 Å². The van der Waals surface area contributed by atoms with Crippen LogP contribution < -0.4 is 11.1 Å². The van der Waals surface area contributed by atoms with Crippen LogP contribution in [-0.2, 0) is 11.3 Å². The predicted molar refractivity (Wildman–Crippen MR) is 104 cm³/mol. The molecule has 1 aromatic heterocycles. The molecule has 7 heteroatoms. The Labute approximate surface area is 155 Å². The number of amides is 2. The van der Waals surface area contributed by atoms with E-state index < -0.39 is 5.91 Å². The van der Waals surface area contributed by atoms with Crippen molar-refractivity contribution in [1.82, 2.24) is 9.55 Å². The fraction of sp³-hybridized carbons (Fsp3) is 0.105. The second-order valence-electron chi connectivity index (χ2n) is 5.56. The van der Waals surface area contributed by atoms with E-state index in [4.69, 9.17) is 5.73 Å². The first kappa shape index (κ1) is 17.8. The normalized spacial score (nSPS) is 10.6. The minimum absolute atomic E-state index is 0.154. The van der Waals surface area contributed by atoms with Gasteiger partial charge in [0, 0.05) is 17.8 Å². The molecule has 3 N–H and O–H groups in total. The van der Waals surface area contributed by atoms with Gasteiger partial charge in [-0.3, -0.25) is 9.59 Å². The number of nitrogens with one attached hydrogen (secondary N) is 1. The topological polar surface area (TPSA) is 90.0 Å². The molecule has 2 aromatic carbocycles. The van der Waals surface area contributed by atoms with Crippen LogP contribution in [0.25, 0.3) is 11.0 Å². The third-order valence-electron chi connectivity index (χ3n) is 3.72. The first-order valence-electron chi connectivity index (χ1n) is 7.97. The lowest BCUT2D eigenvalue weighted by molar-refractivity contribution is -0.113. The van der Waals surface area contributed by atoms with Gasteiger partial charge in [-0.05, 0) is 36.4 Å². The number of allylic oxidation sites excluding steroid dienone is 1. The van der Waals surface area contributed by atoms with Gasteiger partial charge in [0.25, 0.3) is 0 Å². The van der Waals surface area contributed by atoms with Gasteiger partial charge in [-0.25, -0.2) is 4.98 Å². The van der Waals surface area contributed by atoms with Gasteiger partial charge in [-0.15, -0.1) is 6.58 Å². The molecule has 0 aliphatic rings. The van der Waals surface area contributed by atoms with Crippen LogP contribution in [0.2, 0.25) is 0 Å². The van der Waals surface area contributed by atoms with Gasteiger partial charge in [0.2, 0.25) is 11.8 Å². The van der Waals surface area contributed by atoms with Gasteiger partial charge >= 0.3 is 0 Å². The van der Waals surface area contributed by atoms with Crippen molar-refractivity contribution in [1.29, 1.82) is 0 Å². The summed E-state index contributed by atoms with van der Waals surface area (Å²) in [5, 5.41) is 3.56. The van der Waals surface area contributed by atoms with E-state index in [0.717, 1.165) is 16.2 Å². The lowest BCUT2D eigenvalue weighted by Gasteiger charge is -2.07. The Balaban J connectivity index is 1.67. The van der Waals surface area contributed by atoms with Gasteiger partial charge in [0.15, 0.2) is 5.16 Å². The molecule has 132 valence electrons. The van der Waals surface area contributed by atoms with Crippen molar-refractivity contribution in [3.8, 4) is 0 Å². The lowest BCUT2D eigenvalue weighted by Crippen LogP contribution is -2.15. The number of imidazole rings is 1. The number of benzene rings is 2. The Morgan fingerprint density at radius 2 is 1.92 bits per heavy atom. The molecule has 2 amide bonds. The van der Waals surface area contributed by atoms with Crippen LogP contribution >= 0.6 is 11.8 Å². The summed E-state index contributed by atoms with van der Waals surface area (Å²) in [6.45, 7) is 4.41. The van der Waals surface area contributed by atoms with Crippen LogP contribution in [-0.4, -0.2) is 27.1 Å². The Bertz CT molecular complexity index is 963. The van der Waals surface area contributed by atoms with Gasteiger partial charge < -0.3 is 15.6 Å². The standard InChI is InChI=1S/C19H18N4O2S/c1-2-11-23-16-6-4-3-5-15(16)22-19(23)26-12-17(24)21-14-9-7-13(8-10-14)18(20)25/h2-10H,1,11-12H2,(H2,20,25)(H,21,24). The molecule has 0 fully saturated rings. The molecule has 0 spiro atoms. The third kappa shape index (κ3) is 3.94. The molecule has 3 aromatic rings. The maximum absolute atomic E-state index is 12.2. The van der Waals surface area contributed by atoms with Crippen molar-refractivity contribution in [2.75, 3.05) is 11.1 Å². The number of thioether (sulfide) groups is 1. The number of primary amides is 1. The number of anilines is 1. The molecule has 0 radical (unpaired) electrons. The number of hydrogen-bond donors (Lipinski definition) is 2. The highest BCUT2D eigenvalue weighted by Crippen LogP contribution is 2.24. The van der Waals surface area contributed by atoms with E-state index in [-0.39, 0.29) is 11.7 Å². The minimum atomic E-state index is -0.500. The Morgan fingerprint density at radius 1 is 1.19 bits per heavy atom. The maximum atomic E-state index is 12.2. The van der Waals surface area contributed by atoms with Crippen LogP contribution in [0.5, 0.6) is 0 Å². The van der Waals surface area contributed by atoms with E-state index in [1.54, 1.807) is 30.3 Å². The molecule has 0 unspecified atom stereocenters. The predicted octanol–water partition coefficient (Wildman–Crippen LogP) is 3.05. The Hall–Kier alpha value is -3.06. The molecule has 1 heterocycles. The van der Waals surface area contributed by atoms with Crippen molar-refractivity contribution < 1.29 is 9.59 Å². The Kier molecular flexibility index (Phi) is 5.38. The average molecular weight is 366 g/mol. The summed E-state index contributed by atoms with van der Waals surface area (Å²) >= 11 is 1.37. The van der Waals surface area contributed by atoms with Gasteiger partial charge in [0.1, 0.15) is 0 Å². The van der Waals surface area contributed by atoms with E-state index in [0.29, 0.717) is 17.8 Å². The zero-order valence-electron chi connectivity index (χ0n) is 14.0. The van der Waals surface area contributed by atoms with Crippen LogP contribution in [0.1, 0.15) is 10.4 Å². The van der Waals surface area contributed by atoms with Crippen LogP contribution in [0, 0.1) is 0 Å². The smallest absolute Gasteiger partial charge is 0.248 e. The monoisotopic (exact) mass is 366 g/mol. The third-order valence-corrected chi connectivity index (χ3v) is 4.69. The second-order valence-corrected chi connectivity index (χ2v) is 6.50. The molecule has 26 heavy (non-hydrogen) atoms. The highest BCUT2D eigenvalue weighted by molar-refractivity contribution is 7.99. The first-order chi connectivity index (χ1) is 12.6. The van der Waals surface area contributed by atoms with Crippen molar-refractivity contribution in [2.24, 2.45) is 5.73 Å². The number of rotatable bonds is 7. The number of fused-ring (bicyclic) bond motifs is 1. The molecular formula is C19H18N4O2S. The van der Waals surface area contributed by atoms with Gasteiger partial charge in [-0.1, -0.05) is 30.0 Å². The minimum Gasteiger partial charge on any atom is -0.366 e. The number of nitrogens with zero attached hydrogens (tertiary/aromatic N) is 2. The zero-order chi connectivity index (χ0) is 18.5. The molecule has 0 aliphatic carbocycles. The highest BCUT2D eigenvalue weighted by atomic mass is 32.2. The van der Waals surface area contributed by atoms with Crippen molar-refractivity contribution in [2.45, 2.75) is 11.7 Å². The quantitative estimate of drug-likeness (QED) is 0.497. The molecular weight excluding hydrogens is 348 g/mol. The lowest BCUT2D eigenvalue weighted by atomic mass is 10.2. The van der Waals surface area contributed by atoms with Gasteiger partial charge in [0.05, 0.1) is 16.8 Å². The molecule has 6 nitrogen and oxygen atoms in total. The summed E-state index contributed by atoms with van der Waals surface area (Å²) in [5.74, 6) is -0.434. The molecule has 0 bridgehead atoms. The fourth-order valence-corrected chi connectivity index (χ4v) is 3.34. The van der Waals surface area contributed by atoms with E-state index in [9.17, 15) is 9.59 Å². The van der Waals surface area contributed by atoms with Crippen molar-refractivity contribution >= 4 is 40.3 Å². The highest BCUT2D eigenvalue weighted by Gasteiger charge is 2.12. The van der Waals surface area contributed by atoms with E-state index in [1.165, 1.54) is 11.8 Å². The summed E-state index contributed by atoms with van der Waals surface area (Å²) in [6.07, 6.45) is 1.80. The molecule has 0 atom stereocenters. The summed E-state index contributed by atoms with van der Waals surface area (Å²) in [7, 11) is 0. The number of para-hydroxylation sites is 2.